The summed E-state index contributed by atoms with van der Waals surface area (Å²) in [6, 6.07) is 0. The Morgan fingerprint density at radius 3 is 2.60 bits per heavy atom. The molecule has 0 spiro atoms. The summed E-state index contributed by atoms with van der Waals surface area (Å²) in [6.07, 6.45) is 11.2. The van der Waals surface area contributed by atoms with Crippen LogP contribution in [0, 0.1) is 5.92 Å². The van der Waals surface area contributed by atoms with Crippen molar-refractivity contribution >= 4 is 11.6 Å². The van der Waals surface area contributed by atoms with Crippen LogP contribution in [-0.4, -0.2) is 5.88 Å². The third-order valence-electron chi connectivity index (χ3n) is 2.14. The van der Waals surface area contributed by atoms with E-state index in [1.807, 2.05) is 0 Å². The molecule has 1 fully saturated rings. The molecule has 0 aliphatic heterocycles. The summed E-state index contributed by atoms with van der Waals surface area (Å²) in [7, 11) is 0. The normalized spacial score (nSPS) is 19.7. The van der Waals surface area contributed by atoms with Gasteiger partial charge in [-0.1, -0.05) is 31.4 Å². The van der Waals surface area contributed by atoms with Crippen LogP contribution in [0.1, 0.15) is 32.1 Å². The van der Waals surface area contributed by atoms with Crippen molar-refractivity contribution in [3.8, 4) is 0 Å². The fraction of sp³-hybridized carbons (Fsp3) is 0.778. The van der Waals surface area contributed by atoms with E-state index in [1.54, 1.807) is 0 Å². The maximum absolute atomic E-state index is 5.51. The number of alkyl halides is 1. The van der Waals surface area contributed by atoms with Gasteiger partial charge in [0.25, 0.3) is 0 Å². The highest BCUT2D eigenvalue weighted by Gasteiger charge is 2.14. The van der Waals surface area contributed by atoms with Gasteiger partial charge in [0.1, 0.15) is 0 Å². The van der Waals surface area contributed by atoms with E-state index in [4.69, 9.17) is 11.6 Å². The van der Waals surface area contributed by atoms with E-state index in [1.165, 1.54) is 25.7 Å². The van der Waals surface area contributed by atoms with Gasteiger partial charge >= 0.3 is 0 Å². The van der Waals surface area contributed by atoms with Crippen molar-refractivity contribution in [3.05, 3.63) is 12.2 Å². The Balaban J connectivity index is 1.92. The highest BCUT2D eigenvalue weighted by atomic mass is 35.5. The summed E-state index contributed by atoms with van der Waals surface area (Å²) >= 11 is 5.51. The van der Waals surface area contributed by atoms with Crippen LogP contribution in [0.2, 0.25) is 0 Å². The number of hydrogen-bond acceptors (Lipinski definition) is 0. The van der Waals surface area contributed by atoms with Crippen molar-refractivity contribution in [2.45, 2.75) is 32.1 Å². The molecular weight excluding hydrogens is 144 g/mol. The summed E-state index contributed by atoms with van der Waals surface area (Å²) in [5, 5.41) is 0. The van der Waals surface area contributed by atoms with E-state index < -0.39 is 0 Å². The monoisotopic (exact) mass is 158 g/mol. The van der Waals surface area contributed by atoms with E-state index in [-0.39, 0.29) is 0 Å². The van der Waals surface area contributed by atoms with Crippen LogP contribution in [0.3, 0.4) is 0 Å². The molecule has 0 aromatic heterocycles. The molecule has 0 N–H and O–H groups in total. The molecule has 0 saturated heterocycles. The van der Waals surface area contributed by atoms with Crippen LogP contribution >= 0.6 is 11.6 Å². The molecule has 1 aliphatic rings. The summed E-state index contributed by atoms with van der Waals surface area (Å²) in [5.74, 6) is 1.77. The van der Waals surface area contributed by atoms with Crippen molar-refractivity contribution < 1.29 is 0 Å². The zero-order valence-corrected chi connectivity index (χ0v) is 7.11. The highest BCUT2D eigenvalue weighted by molar-refractivity contribution is 6.17. The van der Waals surface area contributed by atoms with Gasteiger partial charge in [-0.3, -0.25) is 0 Å². The van der Waals surface area contributed by atoms with Crippen molar-refractivity contribution in [1.82, 2.24) is 0 Å². The van der Waals surface area contributed by atoms with E-state index >= 15 is 0 Å². The van der Waals surface area contributed by atoms with E-state index in [0.717, 1.165) is 18.2 Å². The molecule has 1 heteroatoms. The number of allylic oxidation sites excluding steroid dienone is 2. The van der Waals surface area contributed by atoms with Gasteiger partial charge in [-0.15, -0.1) is 11.6 Å². The quantitative estimate of drug-likeness (QED) is 0.435. The van der Waals surface area contributed by atoms with Gasteiger partial charge in [0.15, 0.2) is 0 Å². The first-order valence-electron chi connectivity index (χ1n) is 4.14. The molecule has 1 aliphatic carbocycles. The minimum atomic E-state index is 0.765. The summed E-state index contributed by atoms with van der Waals surface area (Å²) in [4.78, 5) is 0. The van der Waals surface area contributed by atoms with Gasteiger partial charge in [0.2, 0.25) is 0 Å². The van der Waals surface area contributed by atoms with Crippen LogP contribution < -0.4 is 0 Å². The maximum Gasteiger partial charge on any atom is 0.0257 e. The molecule has 0 heterocycles. The number of halogens is 1. The van der Waals surface area contributed by atoms with Crippen LogP contribution in [0.4, 0.5) is 0 Å². The van der Waals surface area contributed by atoms with E-state index in [2.05, 4.69) is 12.2 Å². The van der Waals surface area contributed by atoms with Crippen molar-refractivity contribution in [1.29, 1.82) is 0 Å². The third-order valence-corrected chi connectivity index (χ3v) is 2.35. The second-order valence-electron chi connectivity index (χ2n) is 2.98. The van der Waals surface area contributed by atoms with E-state index in [0.29, 0.717) is 0 Å². The maximum atomic E-state index is 5.51. The van der Waals surface area contributed by atoms with Gasteiger partial charge in [0.05, 0.1) is 0 Å². The van der Waals surface area contributed by atoms with Gasteiger partial charge in [0, 0.05) is 5.88 Å². The first kappa shape index (κ1) is 8.13. The molecule has 0 nitrogen and oxygen atoms in total. The zero-order valence-electron chi connectivity index (χ0n) is 6.35. The molecule has 0 amide bonds. The van der Waals surface area contributed by atoms with E-state index in [9.17, 15) is 0 Å². The Morgan fingerprint density at radius 1 is 1.30 bits per heavy atom. The lowest BCUT2D eigenvalue weighted by atomic mass is 9.83. The van der Waals surface area contributed by atoms with Crippen molar-refractivity contribution in [2.24, 2.45) is 5.92 Å². The molecule has 0 bridgehead atoms. The molecule has 10 heavy (non-hydrogen) atoms. The van der Waals surface area contributed by atoms with Crippen LogP contribution in [0.25, 0.3) is 0 Å². The topological polar surface area (TPSA) is 0 Å². The van der Waals surface area contributed by atoms with Crippen LogP contribution in [-0.2, 0) is 0 Å². The predicted molar refractivity (Wildman–Crippen MR) is 46.4 cm³/mol. The van der Waals surface area contributed by atoms with Crippen LogP contribution in [0.5, 0.6) is 0 Å². The Morgan fingerprint density at radius 2 is 2.10 bits per heavy atom. The second kappa shape index (κ2) is 4.79. The lowest BCUT2D eigenvalue weighted by Crippen LogP contribution is -2.08. The van der Waals surface area contributed by atoms with Gasteiger partial charge < -0.3 is 0 Å². The fourth-order valence-corrected chi connectivity index (χ4v) is 1.32. The number of rotatable bonds is 4. The van der Waals surface area contributed by atoms with Crippen molar-refractivity contribution in [3.63, 3.8) is 0 Å². The standard InChI is InChI=1S/C9H15Cl/c10-8-3-1-2-5-9-6-4-7-9/h1-2,9H,3-8H2. The molecule has 0 radical (unpaired) electrons. The molecule has 0 aromatic rings. The molecule has 1 rings (SSSR count). The second-order valence-corrected chi connectivity index (χ2v) is 3.36. The zero-order chi connectivity index (χ0) is 7.23. The molecule has 0 unspecified atom stereocenters. The molecule has 1 saturated carbocycles. The van der Waals surface area contributed by atoms with Gasteiger partial charge in [-0.25, -0.2) is 0 Å². The fourth-order valence-electron chi connectivity index (χ4n) is 1.20. The molecule has 0 aromatic carbocycles. The highest BCUT2D eigenvalue weighted by Crippen LogP contribution is 2.29. The first-order valence-corrected chi connectivity index (χ1v) is 4.68. The minimum absolute atomic E-state index is 0.765. The molecule has 0 atom stereocenters. The molecular formula is C9H15Cl. The average Bonchev–Trinajstić information content (AvgIpc) is 1.84. The summed E-state index contributed by atoms with van der Waals surface area (Å²) in [5.41, 5.74) is 0. The minimum Gasteiger partial charge on any atom is -0.126 e. The smallest absolute Gasteiger partial charge is 0.0257 e. The Kier molecular flexibility index (Phi) is 3.89. The SMILES string of the molecule is ClCCC=CCC1CCC1. The third kappa shape index (κ3) is 2.74. The Labute approximate surface area is 68.3 Å². The van der Waals surface area contributed by atoms with Crippen LogP contribution in [0.15, 0.2) is 12.2 Å². The lowest BCUT2D eigenvalue weighted by molar-refractivity contribution is 0.319. The Bertz CT molecular complexity index is 103. The Hall–Kier alpha value is 0.0300. The van der Waals surface area contributed by atoms with Crippen molar-refractivity contribution in [2.75, 3.05) is 5.88 Å². The largest absolute Gasteiger partial charge is 0.126 e. The predicted octanol–water partition coefficient (Wildman–Crippen LogP) is 3.36. The molecule has 58 valence electrons. The van der Waals surface area contributed by atoms with Gasteiger partial charge in [-0.2, -0.15) is 0 Å². The summed E-state index contributed by atoms with van der Waals surface area (Å²) < 4.78 is 0. The first-order chi connectivity index (χ1) is 4.93. The number of hydrogen-bond donors (Lipinski definition) is 0. The average molecular weight is 159 g/mol. The lowest BCUT2D eigenvalue weighted by Gasteiger charge is -2.23. The van der Waals surface area contributed by atoms with Gasteiger partial charge in [-0.05, 0) is 18.8 Å². The summed E-state index contributed by atoms with van der Waals surface area (Å²) in [6.45, 7) is 0.